The molecule has 7 heteroatoms. The van der Waals surface area contributed by atoms with Gasteiger partial charge in [0.1, 0.15) is 5.75 Å². The fraction of sp³-hybridized carbons (Fsp3) is 0.235. The number of benzene rings is 1. The first kappa shape index (κ1) is 16.2. The standard InChI is InChI=1S/C17H17N3O3S/c1-11-5-7-13(8-6-11)22-12(2)17(21)18-10-15-19-16(20-23-15)14-4-3-9-24-14/h3-9,12H,10H2,1-2H3,(H,18,21)/t12-/m0/s1. The summed E-state index contributed by atoms with van der Waals surface area (Å²) < 4.78 is 10.7. The molecule has 0 saturated heterocycles. The van der Waals surface area contributed by atoms with Gasteiger partial charge in [0, 0.05) is 0 Å². The van der Waals surface area contributed by atoms with Crippen LogP contribution in [-0.2, 0) is 11.3 Å². The van der Waals surface area contributed by atoms with Crippen LogP contribution in [0.2, 0.25) is 0 Å². The van der Waals surface area contributed by atoms with Gasteiger partial charge in [0.2, 0.25) is 11.7 Å². The molecule has 2 aromatic heterocycles. The first-order chi connectivity index (χ1) is 11.6. The predicted molar refractivity (Wildman–Crippen MR) is 90.7 cm³/mol. The van der Waals surface area contributed by atoms with Crippen molar-refractivity contribution in [2.45, 2.75) is 26.5 Å². The first-order valence-corrected chi connectivity index (χ1v) is 8.37. The fourth-order valence-corrected chi connectivity index (χ4v) is 2.66. The van der Waals surface area contributed by atoms with E-state index in [1.165, 1.54) is 11.3 Å². The average Bonchev–Trinajstić information content (AvgIpc) is 3.25. The van der Waals surface area contributed by atoms with Crippen molar-refractivity contribution < 1.29 is 14.1 Å². The molecular formula is C17H17N3O3S. The second kappa shape index (κ2) is 7.27. The van der Waals surface area contributed by atoms with Crippen LogP contribution in [0.1, 0.15) is 18.4 Å². The smallest absolute Gasteiger partial charge is 0.261 e. The van der Waals surface area contributed by atoms with Gasteiger partial charge in [0.15, 0.2) is 6.10 Å². The SMILES string of the molecule is Cc1ccc(O[C@@H](C)C(=O)NCc2nc(-c3cccs3)no2)cc1. The lowest BCUT2D eigenvalue weighted by atomic mass is 10.2. The van der Waals surface area contributed by atoms with E-state index >= 15 is 0 Å². The highest BCUT2D eigenvalue weighted by atomic mass is 32.1. The Balaban J connectivity index is 1.52. The Bertz CT molecular complexity index is 797. The number of ether oxygens (including phenoxy) is 1. The van der Waals surface area contributed by atoms with E-state index in [9.17, 15) is 4.79 Å². The van der Waals surface area contributed by atoms with Gasteiger partial charge >= 0.3 is 0 Å². The van der Waals surface area contributed by atoms with Crippen LogP contribution >= 0.6 is 11.3 Å². The second-order valence-corrected chi connectivity index (χ2v) is 6.23. The molecule has 6 nitrogen and oxygen atoms in total. The van der Waals surface area contributed by atoms with Crippen molar-refractivity contribution in [2.75, 3.05) is 0 Å². The molecule has 0 radical (unpaired) electrons. The maximum atomic E-state index is 12.1. The molecule has 2 heterocycles. The number of aromatic nitrogens is 2. The van der Waals surface area contributed by atoms with Gasteiger partial charge in [-0.25, -0.2) is 0 Å². The summed E-state index contributed by atoms with van der Waals surface area (Å²) in [6, 6.07) is 11.4. The van der Waals surface area contributed by atoms with Crippen LogP contribution in [-0.4, -0.2) is 22.2 Å². The zero-order valence-corrected chi connectivity index (χ0v) is 14.2. The normalized spacial score (nSPS) is 11.9. The van der Waals surface area contributed by atoms with Crippen molar-refractivity contribution in [1.29, 1.82) is 0 Å². The van der Waals surface area contributed by atoms with Gasteiger partial charge in [-0.2, -0.15) is 4.98 Å². The summed E-state index contributed by atoms with van der Waals surface area (Å²) in [6.45, 7) is 3.85. The Kier molecular flexibility index (Phi) is 4.90. The molecule has 0 aliphatic rings. The highest BCUT2D eigenvalue weighted by Gasteiger charge is 2.16. The summed E-state index contributed by atoms with van der Waals surface area (Å²) >= 11 is 1.53. The zero-order chi connectivity index (χ0) is 16.9. The third kappa shape index (κ3) is 3.99. The summed E-state index contributed by atoms with van der Waals surface area (Å²) in [4.78, 5) is 17.3. The monoisotopic (exact) mass is 343 g/mol. The molecule has 0 aliphatic carbocycles. The minimum Gasteiger partial charge on any atom is -0.481 e. The number of amides is 1. The Labute approximate surface area is 143 Å². The second-order valence-electron chi connectivity index (χ2n) is 5.28. The molecule has 1 aromatic carbocycles. The number of carbonyl (C=O) groups is 1. The van der Waals surface area contributed by atoms with Crippen LogP contribution in [0.4, 0.5) is 0 Å². The molecule has 0 fully saturated rings. The number of hydrogen-bond donors (Lipinski definition) is 1. The van der Waals surface area contributed by atoms with E-state index in [0.29, 0.717) is 17.5 Å². The third-order valence-corrected chi connectivity index (χ3v) is 4.19. The van der Waals surface area contributed by atoms with Crippen LogP contribution in [0.3, 0.4) is 0 Å². The van der Waals surface area contributed by atoms with Crippen molar-refractivity contribution >= 4 is 17.2 Å². The molecule has 0 spiro atoms. The molecule has 0 bridgehead atoms. The number of thiophene rings is 1. The average molecular weight is 343 g/mol. The van der Waals surface area contributed by atoms with E-state index in [1.807, 2.05) is 48.7 Å². The van der Waals surface area contributed by atoms with Gasteiger partial charge in [-0.3, -0.25) is 4.79 Å². The molecule has 124 valence electrons. The van der Waals surface area contributed by atoms with E-state index in [1.54, 1.807) is 6.92 Å². The van der Waals surface area contributed by atoms with Crippen molar-refractivity contribution in [3.8, 4) is 16.5 Å². The van der Waals surface area contributed by atoms with E-state index in [-0.39, 0.29) is 12.5 Å². The summed E-state index contributed by atoms with van der Waals surface area (Å²) in [5.41, 5.74) is 1.14. The van der Waals surface area contributed by atoms with Crippen LogP contribution in [0.15, 0.2) is 46.3 Å². The summed E-state index contributed by atoms with van der Waals surface area (Å²) in [5, 5.41) is 8.57. The van der Waals surface area contributed by atoms with Crippen molar-refractivity contribution in [1.82, 2.24) is 15.5 Å². The Morgan fingerprint density at radius 1 is 1.33 bits per heavy atom. The number of nitrogens with one attached hydrogen (secondary N) is 1. The Morgan fingerprint density at radius 2 is 2.12 bits per heavy atom. The van der Waals surface area contributed by atoms with E-state index in [4.69, 9.17) is 9.26 Å². The van der Waals surface area contributed by atoms with Gasteiger partial charge in [0.05, 0.1) is 11.4 Å². The van der Waals surface area contributed by atoms with Gasteiger partial charge in [-0.15, -0.1) is 11.3 Å². The third-order valence-electron chi connectivity index (χ3n) is 3.33. The van der Waals surface area contributed by atoms with Crippen LogP contribution in [0.25, 0.3) is 10.7 Å². The fourth-order valence-electron chi connectivity index (χ4n) is 2.01. The van der Waals surface area contributed by atoms with Crippen LogP contribution in [0, 0.1) is 6.92 Å². The van der Waals surface area contributed by atoms with Gasteiger partial charge < -0.3 is 14.6 Å². The molecule has 1 amide bonds. The number of hydrogen-bond acceptors (Lipinski definition) is 6. The Hall–Kier alpha value is -2.67. The molecule has 0 aliphatic heterocycles. The number of carbonyl (C=O) groups excluding carboxylic acids is 1. The molecule has 0 unspecified atom stereocenters. The van der Waals surface area contributed by atoms with Crippen molar-refractivity contribution in [2.24, 2.45) is 0 Å². The van der Waals surface area contributed by atoms with Gasteiger partial charge in [-0.05, 0) is 37.4 Å². The topological polar surface area (TPSA) is 77.2 Å². The molecular weight excluding hydrogens is 326 g/mol. The molecule has 1 atom stereocenters. The first-order valence-electron chi connectivity index (χ1n) is 7.49. The predicted octanol–water partition coefficient (Wildman–Crippen LogP) is 3.19. The highest BCUT2D eigenvalue weighted by Crippen LogP contribution is 2.21. The number of nitrogens with zero attached hydrogens (tertiary/aromatic N) is 2. The minimum atomic E-state index is -0.618. The van der Waals surface area contributed by atoms with Gasteiger partial charge in [0.25, 0.3) is 5.91 Å². The summed E-state index contributed by atoms with van der Waals surface area (Å²) in [5.74, 6) is 1.29. The highest BCUT2D eigenvalue weighted by molar-refractivity contribution is 7.13. The van der Waals surface area contributed by atoms with Crippen LogP contribution in [0.5, 0.6) is 5.75 Å². The van der Waals surface area contributed by atoms with E-state index in [2.05, 4.69) is 15.5 Å². The van der Waals surface area contributed by atoms with E-state index < -0.39 is 6.10 Å². The number of rotatable bonds is 6. The zero-order valence-electron chi connectivity index (χ0n) is 13.4. The largest absolute Gasteiger partial charge is 0.481 e. The maximum absolute atomic E-state index is 12.1. The summed E-state index contributed by atoms with van der Waals surface area (Å²) in [6.07, 6.45) is -0.618. The molecule has 3 aromatic rings. The Morgan fingerprint density at radius 3 is 2.83 bits per heavy atom. The van der Waals surface area contributed by atoms with Crippen LogP contribution < -0.4 is 10.1 Å². The quantitative estimate of drug-likeness (QED) is 0.744. The van der Waals surface area contributed by atoms with E-state index in [0.717, 1.165) is 10.4 Å². The van der Waals surface area contributed by atoms with Crippen molar-refractivity contribution in [3.05, 3.63) is 53.2 Å². The molecule has 1 N–H and O–H groups in total. The lowest BCUT2D eigenvalue weighted by Gasteiger charge is -2.14. The molecule has 0 saturated carbocycles. The lowest BCUT2D eigenvalue weighted by molar-refractivity contribution is -0.127. The summed E-state index contributed by atoms with van der Waals surface area (Å²) in [7, 11) is 0. The van der Waals surface area contributed by atoms with Gasteiger partial charge in [-0.1, -0.05) is 28.9 Å². The molecule has 3 rings (SSSR count). The maximum Gasteiger partial charge on any atom is 0.261 e. The van der Waals surface area contributed by atoms with Crippen molar-refractivity contribution in [3.63, 3.8) is 0 Å². The minimum absolute atomic E-state index is 0.165. The molecule has 24 heavy (non-hydrogen) atoms. The lowest BCUT2D eigenvalue weighted by Crippen LogP contribution is -2.35. The number of aryl methyl sites for hydroxylation is 1.